The average Bonchev–Trinajstić information content (AvgIpc) is 2.85. The Morgan fingerprint density at radius 1 is 1.42 bits per heavy atom. The molecule has 1 heterocycles. The van der Waals surface area contributed by atoms with Gasteiger partial charge in [-0.2, -0.15) is 0 Å². The first-order valence-electron chi connectivity index (χ1n) is 6.52. The summed E-state index contributed by atoms with van der Waals surface area (Å²) < 4.78 is 5.86. The number of hydrogen-bond donors (Lipinski definition) is 1. The molecule has 3 nitrogen and oxygen atoms in total. The molecule has 0 bridgehead atoms. The largest absolute Gasteiger partial charge is 0.487 e. The average molecular weight is 276 g/mol. The topological polar surface area (TPSA) is 48.1 Å². The molecule has 4 heteroatoms. The van der Waals surface area contributed by atoms with Crippen molar-refractivity contribution in [2.75, 3.05) is 0 Å². The first-order chi connectivity index (χ1) is 9.10. The van der Waals surface area contributed by atoms with Gasteiger partial charge in [0, 0.05) is 17.0 Å². The molecule has 19 heavy (non-hydrogen) atoms. The molecule has 0 aliphatic carbocycles. The van der Waals surface area contributed by atoms with Crippen LogP contribution < -0.4 is 10.5 Å². The highest BCUT2D eigenvalue weighted by Gasteiger charge is 2.09. The van der Waals surface area contributed by atoms with Crippen LogP contribution in [0.4, 0.5) is 0 Å². The number of aromatic nitrogens is 1. The maximum absolute atomic E-state index is 5.98. The van der Waals surface area contributed by atoms with E-state index in [0.717, 1.165) is 28.4 Å². The van der Waals surface area contributed by atoms with E-state index in [9.17, 15) is 0 Å². The number of ether oxygens (including phenoxy) is 1. The van der Waals surface area contributed by atoms with Crippen LogP contribution in [-0.2, 0) is 13.0 Å². The Bertz CT molecular complexity index is 549. The van der Waals surface area contributed by atoms with Crippen LogP contribution in [-0.4, -0.2) is 4.98 Å². The molecule has 0 spiro atoms. The Labute approximate surface area is 118 Å². The second-order valence-electron chi connectivity index (χ2n) is 4.70. The van der Waals surface area contributed by atoms with Gasteiger partial charge in [0.2, 0.25) is 0 Å². The van der Waals surface area contributed by atoms with E-state index in [1.165, 1.54) is 5.56 Å². The van der Waals surface area contributed by atoms with Crippen molar-refractivity contribution in [1.29, 1.82) is 0 Å². The molecule has 0 fully saturated rings. The summed E-state index contributed by atoms with van der Waals surface area (Å²) in [6, 6.07) is 6.08. The van der Waals surface area contributed by atoms with Crippen molar-refractivity contribution in [3.8, 4) is 5.75 Å². The lowest BCUT2D eigenvalue weighted by atomic mass is 10.1. The van der Waals surface area contributed by atoms with Crippen molar-refractivity contribution in [3.63, 3.8) is 0 Å². The second kappa shape index (κ2) is 6.17. The Morgan fingerprint density at radius 2 is 2.21 bits per heavy atom. The normalized spacial score (nSPS) is 12.4. The van der Waals surface area contributed by atoms with Crippen LogP contribution in [0.1, 0.15) is 41.7 Å². The number of rotatable bonds is 5. The predicted molar refractivity (Wildman–Crippen MR) is 79.6 cm³/mol. The smallest absolute Gasteiger partial charge is 0.131 e. The molecule has 1 aromatic carbocycles. The summed E-state index contributed by atoms with van der Waals surface area (Å²) >= 11 is 1.68. The van der Waals surface area contributed by atoms with Gasteiger partial charge in [0.1, 0.15) is 12.4 Å². The molecule has 2 N–H and O–H groups in total. The van der Waals surface area contributed by atoms with Crippen LogP contribution in [0.3, 0.4) is 0 Å². The zero-order valence-electron chi connectivity index (χ0n) is 11.6. The van der Waals surface area contributed by atoms with Gasteiger partial charge in [-0.25, -0.2) is 4.98 Å². The van der Waals surface area contributed by atoms with E-state index in [1.807, 2.05) is 19.1 Å². The van der Waals surface area contributed by atoms with Crippen LogP contribution in [0.15, 0.2) is 23.6 Å². The molecule has 0 amide bonds. The molecule has 2 aromatic rings. The van der Waals surface area contributed by atoms with E-state index in [1.54, 1.807) is 11.3 Å². The minimum absolute atomic E-state index is 0.0310. The van der Waals surface area contributed by atoms with Gasteiger partial charge in [0.05, 0.1) is 10.7 Å². The summed E-state index contributed by atoms with van der Waals surface area (Å²) in [5, 5.41) is 3.20. The fourth-order valence-electron chi connectivity index (χ4n) is 1.88. The number of hydrogen-bond acceptors (Lipinski definition) is 4. The van der Waals surface area contributed by atoms with E-state index >= 15 is 0 Å². The molecule has 1 aromatic heterocycles. The van der Waals surface area contributed by atoms with Gasteiger partial charge in [-0.3, -0.25) is 0 Å². The lowest BCUT2D eigenvalue weighted by molar-refractivity contribution is 0.297. The van der Waals surface area contributed by atoms with E-state index in [2.05, 4.69) is 30.3 Å². The first-order valence-corrected chi connectivity index (χ1v) is 7.40. The molecule has 0 saturated carbocycles. The molecule has 102 valence electrons. The Morgan fingerprint density at radius 3 is 2.84 bits per heavy atom. The van der Waals surface area contributed by atoms with Gasteiger partial charge in [-0.1, -0.05) is 24.6 Å². The molecule has 2 rings (SSSR count). The zero-order valence-corrected chi connectivity index (χ0v) is 12.5. The van der Waals surface area contributed by atoms with E-state index in [-0.39, 0.29) is 6.04 Å². The van der Waals surface area contributed by atoms with Crippen molar-refractivity contribution in [1.82, 2.24) is 4.98 Å². The van der Waals surface area contributed by atoms with Crippen molar-refractivity contribution in [3.05, 3.63) is 45.4 Å². The van der Waals surface area contributed by atoms with Gasteiger partial charge in [-0.15, -0.1) is 11.3 Å². The quantitative estimate of drug-likeness (QED) is 0.907. The third-order valence-electron chi connectivity index (χ3n) is 2.93. The summed E-state index contributed by atoms with van der Waals surface area (Å²) in [5.74, 6) is 0.853. The minimum Gasteiger partial charge on any atom is -0.487 e. The van der Waals surface area contributed by atoms with Crippen molar-refractivity contribution < 1.29 is 4.74 Å². The lowest BCUT2D eigenvalue weighted by Gasteiger charge is -2.14. The molecule has 1 atom stereocenters. The van der Waals surface area contributed by atoms with E-state index < -0.39 is 0 Å². The number of aryl methyl sites for hydroxylation is 2. The van der Waals surface area contributed by atoms with Crippen molar-refractivity contribution in [2.45, 2.75) is 39.8 Å². The molecular weight excluding hydrogens is 256 g/mol. The highest BCUT2D eigenvalue weighted by atomic mass is 32.1. The second-order valence-corrected chi connectivity index (χ2v) is 5.65. The number of nitrogens with zero attached hydrogens (tertiary/aromatic N) is 1. The van der Waals surface area contributed by atoms with Gasteiger partial charge in [0.25, 0.3) is 0 Å². The standard InChI is InChI=1S/C15H20N2OS/c1-4-15-17-12(9-19-15)8-18-14-6-5-10(2)7-13(14)11(3)16/h5-7,9,11H,4,8,16H2,1-3H3/t11-/m1/s1. The molecule has 0 aliphatic rings. The van der Waals surface area contributed by atoms with Crippen LogP contribution in [0, 0.1) is 6.92 Å². The summed E-state index contributed by atoms with van der Waals surface area (Å²) in [7, 11) is 0. The third kappa shape index (κ3) is 3.55. The third-order valence-corrected chi connectivity index (χ3v) is 3.98. The zero-order chi connectivity index (χ0) is 13.8. The molecular formula is C15H20N2OS. The Hall–Kier alpha value is -1.39. The Kier molecular flexibility index (Phi) is 4.56. The van der Waals surface area contributed by atoms with Crippen LogP contribution in [0.25, 0.3) is 0 Å². The van der Waals surface area contributed by atoms with Crippen LogP contribution in [0.2, 0.25) is 0 Å². The van der Waals surface area contributed by atoms with E-state index in [4.69, 9.17) is 10.5 Å². The van der Waals surface area contributed by atoms with Crippen molar-refractivity contribution >= 4 is 11.3 Å². The van der Waals surface area contributed by atoms with Gasteiger partial charge >= 0.3 is 0 Å². The molecule has 0 saturated heterocycles. The van der Waals surface area contributed by atoms with Crippen LogP contribution in [0.5, 0.6) is 5.75 Å². The summed E-state index contributed by atoms with van der Waals surface area (Å²) in [4.78, 5) is 4.50. The molecule has 0 unspecified atom stereocenters. The summed E-state index contributed by atoms with van der Waals surface area (Å²) in [6.07, 6.45) is 0.973. The summed E-state index contributed by atoms with van der Waals surface area (Å²) in [5.41, 5.74) is 9.21. The van der Waals surface area contributed by atoms with E-state index in [0.29, 0.717) is 6.61 Å². The number of nitrogens with two attached hydrogens (primary N) is 1. The first kappa shape index (κ1) is 14.0. The monoisotopic (exact) mass is 276 g/mol. The fourth-order valence-corrected chi connectivity index (χ4v) is 2.61. The van der Waals surface area contributed by atoms with Crippen molar-refractivity contribution in [2.24, 2.45) is 5.73 Å². The molecule has 0 radical (unpaired) electrons. The van der Waals surface area contributed by atoms with Gasteiger partial charge in [-0.05, 0) is 26.3 Å². The van der Waals surface area contributed by atoms with Gasteiger partial charge in [0.15, 0.2) is 0 Å². The van der Waals surface area contributed by atoms with Crippen LogP contribution >= 0.6 is 11.3 Å². The number of benzene rings is 1. The highest BCUT2D eigenvalue weighted by Crippen LogP contribution is 2.26. The molecule has 0 aliphatic heterocycles. The highest BCUT2D eigenvalue weighted by molar-refractivity contribution is 7.09. The SMILES string of the molecule is CCc1nc(COc2ccc(C)cc2[C@@H](C)N)cs1. The maximum Gasteiger partial charge on any atom is 0.131 e. The minimum atomic E-state index is -0.0310. The number of thiazole rings is 1. The predicted octanol–water partition coefficient (Wildman–Crippen LogP) is 3.61. The fraction of sp³-hybridized carbons (Fsp3) is 0.400. The lowest BCUT2D eigenvalue weighted by Crippen LogP contribution is -2.08. The Balaban J connectivity index is 2.10. The van der Waals surface area contributed by atoms with Gasteiger partial charge < -0.3 is 10.5 Å². The summed E-state index contributed by atoms with van der Waals surface area (Å²) in [6.45, 7) is 6.64. The maximum atomic E-state index is 5.98.